The standard InChI is InChI=1S/C20H21N3O/c1-13-6-5-7-16(10-13)17-12-20(22-15(3)21-17)23-18-11-14(2)8-9-19(18)24-4/h5-12H,1-4H3,(H,21,22,23). The van der Waals surface area contributed by atoms with Crippen LogP contribution >= 0.6 is 0 Å². The van der Waals surface area contributed by atoms with Crippen molar-refractivity contribution in [3.63, 3.8) is 0 Å². The van der Waals surface area contributed by atoms with Gasteiger partial charge in [0.15, 0.2) is 0 Å². The Morgan fingerprint density at radius 2 is 1.67 bits per heavy atom. The minimum Gasteiger partial charge on any atom is -0.495 e. The second kappa shape index (κ2) is 6.71. The number of anilines is 2. The Labute approximate surface area is 142 Å². The number of rotatable bonds is 4. The highest BCUT2D eigenvalue weighted by molar-refractivity contribution is 5.69. The van der Waals surface area contributed by atoms with E-state index in [1.165, 1.54) is 5.56 Å². The first-order valence-corrected chi connectivity index (χ1v) is 7.89. The van der Waals surface area contributed by atoms with Crippen LogP contribution in [0.4, 0.5) is 11.5 Å². The molecule has 0 aliphatic rings. The van der Waals surface area contributed by atoms with Crippen LogP contribution < -0.4 is 10.1 Å². The van der Waals surface area contributed by atoms with Crippen LogP contribution in [0.2, 0.25) is 0 Å². The van der Waals surface area contributed by atoms with Gasteiger partial charge < -0.3 is 10.1 Å². The Kier molecular flexibility index (Phi) is 4.47. The summed E-state index contributed by atoms with van der Waals surface area (Å²) in [6, 6.07) is 16.3. The zero-order valence-corrected chi connectivity index (χ0v) is 14.4. The maximum atomic E-state index is 5.43. The van der Waals surface area contributed by atoms with Crippen molar-refractivity contribution < 1.29 is 4.74 Å². The van der Waals surface area contributed by atoms with Crippen LogP contribution in [-0.2, 0) is 0 Å². The molecular weight excluding hydrogens is 298 g/mol. The average molecular weight is 319 g/mol. The van der Waals surface area contributed by atoms with E-state index in [0.29, 0.717) is 0 Å². The van der Waals surface area contributed by atoms with Gasteiger partial charge >= 0.3 is 0 Å². The molecule has 0 radical (unpaired) electrons. The van der Waals surface area contributed by atoms with Crippen LogP contribution in [0.5, 0.6) is 5.75 Å². The number of aromatic nitrogens is 2. The first-order valence-electron chi connectivity index (χ1n) is 7.89. The number of ether oxygens (including phenoxy) is 1. The van der Waals surface area contributed by atoms with Gasteiger partial charge in [-0.25, -0.2) is 9.97 Å². The third-order valence-corrected chi connectivity index (χ3v) is 3.77. The summed E-state index contributed by atoms with van der Waals surface area (Å²) >= 11 is 0. The fraction of sp³-hybridized carbons (Fsp3) is 0.200. The van der Waals surface area contributed by atoms with Gasteiger partial charge in [0, 0.05) is 11.6 Å². The molecule has 0 aliphatic heterocycles. The lowest BCUT2D eigenvalue weighted by molar-refractivity contribution is 0.416. The van der Waals surface area contributed by atoms with Crippen molar-refractivity contribution in [2.45, 2.75) is 20.8 Å². The van der Waals surface area contributed by atoms with E-state index < -0.39 is 0 Å². The monoisotopic (exact) mass is 319 g/mol. The highest BCUT2D eigenvalue weighted by Gasteiger charge is 2.08. The summed E-state index contributed by atoms with van der Waals surface area (Å²) in [6.07, 6.45) is 0. The molecule has 1 aromatic heterocycles. The Morgan fingerprint density at radius 1 is 0.875 bits per heavy atom. The molecule has 3 rings (SSSR count). The fourth-order valence-electron chi connectivity index (χ4n) is 2.64. The van der Waals surface area contributed by atoms with Crippen molar-refractivity contribution in [1.29, 1.82) is 0 Å². The van der Waals surface area contributed by atoms with Crippen molar-refractivity contribution >= 4 is 11.5 Å². The molecule has 4 nitrogen and oxygen atoms in total. The summed E-state index contributed by atoms with van der Waals surface area (Å²) in [4.78, 5) is 9.07. The molecule has 2 aromatic carbocycles. The Morgan fingerprint density at radius 3 is 2.42 bits per heavy atom. The summed E-state index contributed by atoms with van der Waals surface area (Å²) in [6.45, 7) is 6.03. The van der Waals surface area contributed by atoms with Crippen molar-refractivity contribution in [3.8, 4) is 17.0 Å². The molecule has 0 spiro atoms. The van der Waals surface area contributed by atoms with Gasteiger partial charge in [0.05, 0.1) is 18.5 Å². The Bertz CT molecular complexity index is 875. The number of aryl methyl sites for hydroxylation is 3. The molecule has 122 valence electrons. The number of hydrogen-bond acceptors (Lipinski definition) is 4. The zero-order valence-electron chi connectivity index (χ0n) is 14.4. The normalized spacial score (nSPS) is 10.5. The minimum absolute atomic E-state index is 0.725. The van der Waals surface area contributed by atoms with Crippen molar-refractivity contribution in [2.75, 3.05) is 12.4 Å². The third-order valence-electron chi connectivity index (χ3n) is 3.77. The Hall–Kier alpha value is -2.88. The number of nitrogens with zero attached hydrogens (tertiary/aromatic N) is 2. The molecule has 0 atom stereocenters. The summed E-state index contributed by atoms with van der Waals surface area (Å²) in [5.41, 5.74) is 5.24. The molecule has 1 heterocycles. The lowest BCUT2D eigenvalue weighted by Crippen LogP contribution is -2.01. The van der Waals surface area contributed by atoms with Crippen LogP contribution in [0, 0.1) is 20.8 Å². The summed E-state index contributed by atoms with van der Waals surface area (Å²) < 4.78 is 5.43. The van der Waals surface area contributed by atoms with E-state index in [1.54, 1.807) is 7.11 Å². The van der Waals surface area contributed by atoms with E-state index >= 15 is 0 Å². The summed E-state index contributed by atoms with van der Waals surface area (Å²) in [5, 5.41) is 3.35. The molecule has 3 aromatic rings. The largest absolute Gasteiger partial charge is 0.495 e. The smallest absolute Gasteiger partial charge is 0.142 e. The van der Waals surface area contributed by atoms with Crippen LogP contribution in [0.15, 0.2) is 48.5 Å². The van der Waals surface area contributed by atoms with Gasteiger partial charge in [-0.2, -0.15) is 0 Å². The molecule has 24 heavy (non-hydrogen) atoms. The molecule has 0 saturated carbocycles. The SMILES string of the molecule is COc1ccc(C)cc1Nc1cc(-c2cccc(C)c2)nc(C)n1. The van der Waals surface area contributed by atoms with E-state index in [4.69, 9.17) is 4.74 Å². The predicted molar refractivity (Wildman–Crippen MR) is 98.0 cm³/mol. The van der Waals surface area contributed by atoms with Gasteiger partial charge in [0.1, 0.15) is 17.4 Å². The molecule has 1 N–H and O–H groups in total. The van der Waals surface area contributed by atoms with Crippen LogP contribution in [0.3, 0.4) is 0 Å². The molecule has 0 fully saturated rings. The minimum atomic E-state index is 0.725. The highest BCUT2D eigenvalue weighted by atomic mass is 16.5. The van der Waals surface area contributed by atoms with Gasteiger partial charge in [-0.1, -0.05) is 29.8 Å². The molecule has 0 unspecified atom stereocenters. The highest BCUT2D eigenvalue weighted by Crippen LogP contribution is 2.29. The van der Waals surface area contributed by atoms with Crippen LogP contribution in [0.1, 0.15) is 17.0 Å². The van der Waals surface area contributed by atoms with Gasteiger partial charge in [-0.3, -0.25) is 0 Å². The quantitative estimate of drug-likeness (QED) is 0.749. The fourth-order valence-corrected chi connectivity index (χ4v) is 2.64. The van der Waals surface area contributed by atoms with E-state index in [9.17, 15) is 0 Å². The van der Waals surface area contributed by atoms with Gasteiger partial charge in [-0.05, 0) is 44.5 Å². The number of methoxy groups -OCH3 is 1. The first-order chi connectivity index (χ1) is 11.5. The second-order valence-corrected chi connectivity index (χ2v) is 5.88. The lowest BCUT2D eigenvalue weighted by atomic mass is 10.1. The summed E-state index contributed by atoms with van der Waals surface area (Å²) in [5.74, 6) is 2.26. The van der Waals surface area contributed by atoms with Gasteiger partial charge in [0.25, 0.3) is 0 Å². The molecular formula is C20H21N3O. The topological polar surface area (TPSA) is 47.0 Å². The Balaban J connectivity index is 1.99. The first kappa shape index (κ1) is 16.0. The zero-order chi connectivity index (χ0) is 17.1. The maximum Gasteiger partial charge on any atom is 0.142 e. The predicted octanol–water partition coefficient (Wildman–Crippen LogP) is 4.82. The van der Waals surface area contributed by atoms with E-state index in [1.807, 2.05) is 44.2 Å². The molecule has 0 aliphatic carbocycles. The molecule has 0 bridgehead atoms. The van der Waals surface area contributed by atoms with E-state index in [-0.39, 0.29) is 0 Å². The summed E-state index contributed by atoms with van der Waals surface area (Å²) in [7, 11) is 1.67. The molecule has 0 saturated heterocycles. The van der Waals surface area contributed by atoms with Crippen molar-refractivity contribution in [1.82, 2.24) is 9.97 Å². The number of nitrogens with one attached hydrogen (secondary N) is 1. The molecule has 0 amide bonds. The average Bonchev–Trinajstić information content (AvgIpc) is 2.54. The van der Waals surface area contributed by atoms with Gasteiger partial charge in [0.2, 0.25) is 0 Å². The van der Waals surface area contributed by atoms with Crippen molar-refractivity contribution in [2.24, 2.45) is 0 Å². The lowest BCUT2D eigenvalue weighted by Gasteiger charge is -2.13. The maximum absolute atomic E-state index is 5.43. The third kappa shape index (κ3) is 3.54. The number of hydrogen-bond donors (Lipinski definition) is 1. The molecule has 4 heteroatoms. The van der Waals surface area contributed by atoms with E-state index in [0.717, 1.165) is 39.9 Å². The van der Waals surface area contributed by atoms with Gasteiger partial charge in [-0.15, -0.1) is 0 Å². The second-order valence-electron chi connectivity index (χ2n) is 5.88. The van der Waals surface area contributed by atoms with Crippen molar-refractivity contribution in [3.05, 3.63) is 65.5 Å². The van der Waals surface area contributed by atoms with Crippen LogP contribution in [-0.4, -0.2) is 17.1 Å². The number of benzene rings is 2. The van der Waals surface area contributed by atoms with E-state index in [2.05, 4.69) is 40.4 Å². The van der Waals surface area contributed by atoms with Crippen LogP contribution in [0.25, 0.3) is 11.3 Å².